The summed E-state index contributed by atoms with van der Waals surface area (Å²) in [5, 5.41) is 22.0. The smallest absolute Gasteiger partial charge is 0.0986 e. The van der Waals surface area contributed by atoms with Gasteiger partial charge in [-0.2, -0.15) is 0 Å². The largest absolute Gasteiger partial charge is 0.389 e. The Balaban J connectivity index is 1.81. The second-order valence-corrected chi connectivity index (χ2v) is 5.62. The summed E-state index contributed by atoms with van der Waals surface area (Å²) in [6.07, 6.45) is 9.07. The summed E-state index contributed by atoms with van der Waals surface area (Å²) in [5.74, 6) is 0. The molecule has 0 aromatic heterocycles. The fourth-order valence-electron chi connectivity index (χ4n) is 2.49. The average molecular weight is 273 g/mol. The summed E-state index contributed by atoms with van der Waals surface area (Å²) in [5.41, 5.74) is 0. The van der Waals surface area contributed by atoms with Gasteiger partial charge < -0.3 is 20.3 Å². The quantitative estimate of drug-likeness (QED) is 0.503. The molecule has 0 unspecified atom stereocenters. The molecule has 0 spiro atoms. The van der Waals surface area contributed by atoms with Crippen molar-refractivity contribution in [3.8, 4) is 0 Å². The Morgan fingerprint density at radius 2 is 1.63 bits per heavy atom. The van der Waals surface area contributed by atoms with Crippen LogP contribution >= 0.6 is 0 Å². The van der Waals surface area contributed by atoms with E-state index in [4.69, 9.17) is 4.74 Å². The maximum atomic E-state index is 9.61. The van der Waals surface area contributed by atoms with Crippen LogP contribution in [0.4, 0.5) is 0 Å². The first kappa shape index (κ1) is 16.9. The summed E-state index contributed by atoms with van der Waals surface area (Å²) in [6.45, 7) is 3.96. The van der Waals surface area contributed by atoms with E-state index in [-0.39, 0.29) is 6.04 Å². The Hall–Kier alpha value is -0.160. The number of unbranched alkanes of at least 4 members (excludes halogenated alkanes) is 7. The first-order chi connectivity index (χ1) is 9.25. The predicted molar refractivity (Wildman–Crippen MR) is 77.2 cm³/mol. The number of aliphatic hydroxyl groups is 2. The third kappa shape index (κ3) is 7.25. The molecule has 19 heavy (non-hydrogen) atoms. The number of rotatable bonds is 11. The summed E-state index contributed by atoms with van der Waals surface area (Å²) >= 11 is 0. The average Bonchev–Trinajstić information content (AvgIpc) is 2.73. The van der Waals surface area contributed by atoms with Gasteiger partial charge in [-0.05, 0) is 6.42 Å². The van der Waals surface area contributed by atoms with Crippen molar-refractivity contribution in [3.63, 3.8) is 0 Å². The van der Waals surface area contributed by atoms with E-state index in [9.17, 15) is 10.2 Å². The van der Waals surface area contributed by atoms with Crippen molar-refractivity contribution >= 4 is 0 Å². The summed E-state index contributed by atoms with van der Waals surface area (Å²) in [4.78, 5) is 0. The molecule has 1 rings (SSSR count). The fraction of sp³-hybridized carbons (Fsp3) is 1.00. The van der Waals surface area contributed by atoms with Crippen LogP contribution in [0.2, 0.25) is 0 Å². The normalized spacial score (nSPS) is 27.0. The number of hydrogen-bond acceptors (Lipinski definition) is 4. The highest BCUT2D eigenvalue weighted by Gasteiger charge is 2.32. The molecule has 0 amide bonds. The van der Waals surface area contributed by atoms with Gasteiger partial charge in [-0.1, -0.05) is 51.9 Å². The molecule has 0 saturated carbocycles. The maximum absolute atomic E-state index is 9.61. The van der Waals surface area contributed by atoms with Gasteiger partial charge in [-0.3, -0.25) is 0 Å². The van der Waals surface area contributed by atoms with E-state index in [1.165, 1.54) is 44.9 Å². The Labute approximate surface area is 117 Å². The van der Waals surface area contributed by atoms with Gasteiger partial charge in [0.25, 0.3) is 0 Å². The number of nitrogens with one attached hydrogen (secondary N) is 1. The monoisotopic (exact) mass is 273 g/mol. The highest BCUT2D eigenvalue weighted by Crippen LogP contribution is 2.10. The molecule has 1 saturated heterocycles. The van der Waals surface area contributed by atoms with Gasteiger partial charge in [0.1, 0.15) is 0 Å². The van der Waals surface area contributed by atoms with E-state index in [2.05, 4.69) is 12.2 Å². The molecule has 3 atom stereocenters. The molecule has 0 aromatic carbocycles. The third-order valence-corrected chi connectivity index (χ3v) is 3.84. The number of β-amino-alcohol motifs (C(OH)–C–C–N with tert-alkyl or cyclic N) is 1. The second kappa shape index (κ2) is 10.6. The van der Waals surface area contributed by atoms with Gasteiger partial charge in [0.05, 0.1) is 24.9 Å². The molecule has 1 fully saturated rings. The fourth-order valence-corrected chi connectivity index (χ4v) is 2.49. The van der Waals surface area contributed by atoms with E-state index in [1.54, 1.807) is 0 Å². The molecule has 0 aliphatic carbocycles. The van der Waals surface area contributed by atoms with Crippen LogP contribution in [0.15, 0.2) is 0 Å². The van der Waals surface area contributed by atoms with Crippen LogP contribution in [0.25, 0.3) is 0 Å². The molecule has 1 aliphatic rings. The predicted octanol–water partition coefficient (Wildman–Crippen LogP) is 1.84. The van der Waals surface area contributed by atoms with Gasteiger partial charge >= 0.3 is 0 Å². The van der Waals surface area contributed by atoms with Crippen molar-refractivity contribution in [1.29, 1.82) is 0 Å². The Morgan fingerprint density at radius 3 is 2.21 bits per heavy atom. The number of hydrogen-bond donors (Lipinski definition) is 3. The molecular weight excluding hydrogens is 242 g/mol. The van der Waals surface area contributed by atoms with Crippen LogP contribution in [-0.2, 0) is 4.74 Å². The van der Waals surface area contributed by atoms with Crippen molar-refractivity contribution in [2.45, 2.75) is 76.5 Å². The lowest BCUT2D eigenvalue weighted by molar-refractivity contribution is 0.0148. The minimum Gasteiger partial charge on any atom is -0.389 e. The van der Waals surface area contributed by atoms with Crippen LogP contribution in [0, 0.1) is 0 Å². The Morgan fingerprint density at radius 1 is 1.00 bits per heavy atom. The zero-order chi connectivity index (χ0) is 13.9. The zero-order valence-corrected chi connectivity index (χ0v) is 12.3. The molecule has 1 heterocycles. The molecule has 4 nitrogen and oxygen atoms in total. The van der Waals surface area contributed by atoms with Crippen LogP contribution < -0.4 is 5.32 Å². The zero-order valence-electron chi connectivity index (χ0n) is 12.3. The highest BCUT2D eigenvalue weighted by atomic mass is 16.5. The third-order valence-electron chi connectivity index (χ3n) is 3.84. The van der Waals surface area contributed by atoms with Crippen molar-refractivity contribution in [2.24, 2.45) is 0 Å². The molecule has 0 aromatic rings. The minimum absolute atomic E-state index is 0.107. The highest BCUT2D eigenvalue weighted by molar-refractivity contribution is 4.90. The van der Waals surface area contributed by atoms with Gasteiger partial charge in [-0.15, -0.1) is 0 Å². The SMILES string of the molecule is CCCCCCCCCCOC[C@H]1NC[C@H](O)[C@@H]1O. The lowest BCUT2D eigenvalue weighted by atomic mass is 10.1. The van der Waals surface area contributed by atoms with E-state index >= 15 is 0 Å². The van der Waals surface area contributed by atoms with Crippen molar-refractivity contribution < 1.29 is 14.9 Å². The molecule has 114 valence electrons. The summed E-state index contributed by atoms with van der Waals surface area (Å²) in [6, 6.07) is -0.107. The molecule has 0 bridgehead atoms. The standard InChI is InChI=1S/C15H31NO3/c1-2-3-4-5-6-7-8-9-10-19-12-13-15(18)14(17)11-16-13/h13-18H,2-12H2,1H3/t13-,14+,15-/m1/s1. The van der Waals surface area contributed by atoms with Crippen molar-refractivity contribution in [1.82, 2.24) is 5.32 Å². The summed E-state index contributed by atoms with van der Waals surface area (Å²) in [7, 11) is 0. The number of aliphatic hydroxyl groups excluding tert-OH is 2. The van der Waals surface area contributed by atoms with Crippen LogP contribution in [-0.4, -0.2) is 48.2 Å². The van der Waals surface area contributed by atoms with Gasteiger partial charge in [-0.25, -0.2) is 0 Å². The number of ether oxygens (including phenoxy) is 1. The van der Waals surface area contributed by atoms with E-state index in [0.29, 0.717) is 13.2 Å². The first-order valence-electron chi connectivity index (χ1n) is 7.93. The summed E-state index contributed by atoms with van der Waals surface area (Å²) < 4.78 is 5.55. The van der Waals surface area contributed by atoms with Crippen LogP contribution in [0.3, 0.4) is 0 Å². The molecule has 1 aliphatic heterocycles. The minimum atomic E-state index is -0.682. The lowest BCUT2D eigenvalue weighted by Crippen LogP contribution is -2.37. The van der Waals surface area contributed by atoms with E-state index in [0.717, 1.165) is 13.0 Å². The van der Waals surface area contributed by atoms with Crippen molar-refractivity contribution in [2.75, 3.05) is 19.8 Å². The topological polar surface area (TPSA) is 61.7 Å². The van der Waals surface area contributed by atoms with Gasteiger partial charge in [0.2, 0.25) is 0 Å². The maximum Gasteiger partial charge on any atom is 0.0986 e. The van der Waals surface area contributed by atoms with Crippen LogP contribution in [0.5, 0.6) is 0 Å². The van der Waals surface area contributed by atoms with Crippen LogP contribution in [0.1, 0.15) is 58.3 Å². The molecule has 3 N–H and O–H groups in total. The Kier molecular flexibility index (Phi) is 9.43. The van der Waals surface area contributed by atoms with Gasteiger partial charge in [0.15, 0.2) is 0 Å². The molecule has 4 heteroatoms. The van der Waals surface area contributed by atoms with E-state index in [1.807, 2.05) is 0 Å². The molecular formula is C15H31NO3. The lowest BCUT2D eigenvalue weighted by Gasteiger charge is -2.15. The second-order valence-electron chi connectivity index (χ2n) is 5.62. The van der Waals surface area contributed by atoms with E-state index < -0.39 is 12.2 Å². The van der Waals surface area contributed by atoms with Crippen molar-refractivity contribution in [3.05, 3.63) is 0 Å². The Bertz CT molecular complexity index is 214. The van der Waals surface area contributed by atoms with Gasteiger partial charge in [0, 0.05) is 13.2 Å². The molecule has 0 radical (unpaired) electrons. The first-order valence-corrected chi connectivity index (χ1v) is 7.93.